The van der Waals surface area contributed by atoms with E-state index >= 15 is 0 Å². The van der Waals surface area contributed by atoms with Gasteiger partial charge in [-0.3, -0.25) is 4.98 Å². The van der Waals surface area contributed by atoms with Crippen molar-refractivity contribution in [3.8, 4) is 5.75 Å². The monoisotopic (exact) mass is 335 g/mol. The largest absolute Gasteiger partial charge is 0.573 e. The summed E-state index contributed by atoms with van der Waals surface area (Å²) < 4.78 is 52.1. The summed E-state index contributed by atoms with van der Waals surface area (Å²) in [5, 5.41) is 0. The number of hydrogen-bond acceptors (Lipinski definition) is 2. The van der Waals surface area contributed by atoms with Gasteiger partial charge in [-0.05, 0) is 35.6 Å². The van der Waals surface area contributed by atoms with Gasteiger partial charge in [0.2, 0.25) is 0 Å². The van der Waals surface area contributed by atoms with Gasteiger partial charge in [0, 0.05) is 0 Å². The standard InChI is InChI=1S/C8H6F4INO/c1-4-7(15-8(10,11)12)6(13)2-5(3-9)14-4/h2H,3H2,1H3. The van der Waals surface area contributed by atoms with Crippen molar-refractivity contribution in [3.05, 3.63) is 21.0 Å². The number of ether oxygens (including phenoxy) is 1. The van der Waals surface area contributed by atoms with Crippen molar-refractivity contribution in [2.24, 2.45) is 0 Å². The Kier molecular flexibility index (Phi) is 3.74. The van der Waals surface area contributed by atoms with Gasteiger partial charge in [-0.25, -0.2) is 4.39 Å². The summed E-state index contributed by atoms with van der Waals surface area (Å²) in [5.74, 6) is -0.375. The minimum absolute atomic E-state index is 0.0203. The summed E-state index contributed by atoms with van der Waals surface area (Å²) in [5.41, 5.74) is 0.110. The first kappa shape index (κ1) is 12.5. The summed E-state index contributed by atoms with van der Waals surface area (Å²) in [4.78, 5) is 3.63. The molecule has 84 valence electrons. The Balaban J connectivity index is 3.09. The Bertz CT molecular complexity index is 343. The van der Waals surface area contributed by atoms with Crippen LogP contribution in [0.15, 0.2) is 6.07 Å². The molecule has 0 unspecified atom stereocenters. The van der Waals surface area contributed by atoms with Crippen molar-refractivity contribution >= 4 is 22.6 Å². The van der Waals surface area contributed by atoms with Crippen molar-refractivity contribution in [2.45, 2.75) is 20.0 Å². The fraction of sp³-hybridized carbons (Fsp3) is 0.375. The van der Waals surface area contributed by atoms with Gasteiger partial charge in [0.05, 0.1) is 15.0 Å². The quantitative estimate of drug-likeness (QED) is 0.611. The molecule has 0 radical (unpaired) electrons. The number of hydrogen-bond donors (Lipinski definition) is 0. The Morgan fingerprint density at radius 3 is 2.47 bits per heavy atom. The molecule has 0 aliphatic carbocycles. The van der Waals surface area contributed by atoms with Crippen molar-refractivity contribution in [1.29, 1.82) is 0 Å². The van der Waals surface area contributed by atoms with E-state index in [-0.39, 0.29) is 20.7 Å². The highest BCUT2D eigenvalue weighted by atomic mass is 127. The van der Waals surface area contributed by atoms with Crippen molar-refractivity contribution in [2.75, 3.05) is 0 Å². The zero-order valence-electron chi connectivity index (χ0n) is 7.53. The lowest BCUT2D eigenvalue weighted by Gasteiger charge is -2.13. The zero-order chi connectivity index (χ0) is 11.6. The third-order valence-electron chi connectivity index (χ3n) is 1.50. The molecule has 0 fully saturated rings. The SMILES string of the molecule is Cc1nc(CF)cc(I)c1OC(F)(F)F. The lowest BCUT2D eigenvalue weighted by atomic mass is 10.3. The minimum atomic E-state index is -4.76. The molecule has 0 bridgehead atoms. The van der Waals surface area contributed by atoms with E-state index in [1.807, 2.05) is 0 Å². The Morgan fingerprint density at radius 2 is 2.07 bits per heavy atom. The lowest BCUT2D eigenvalue weighted by molar-refractivity contribution is -0.275. The molecule has 2 nitrogen and oxygen atoms in total. The molecular weight excluding hydrogens is 329 g/mol. The molecule has 15 heavy (non-hydrogen) atoms. The summed E-state index contributed by atoms with van der Waals surface area (Å²) >= 11 is 1.64. The van der Waals surface area contributed by atoms with Gasteiger partial charge in [-0.2, -0.15) is 0 Å². The molecule has 0 spiro atoms. The fourth-order valence-electron chi connectivity index (χ4n) is 0.990. The number of aryl methyl sites for hydroxylation is 1. The second kappa shape index (κ2) is 4.50. The van der Waals surface area contributed by atoms with Crippen molar-refractivity contribution in [3.63, 3.8) is 0 Å². The molecule has 1 aromatic rings. The van der Waals surface area contributed by atoms with Gasteiger partial charge in [0.1, 0.15) is 6.67 Å². The molecule has 1 rings (SSSR count). The van der Waals surface area contributed by atoms with Crippen LogP contribution in [0.4, 0.5) is 17.6 Å². The van der Waals surface area contributed by atoms with Gasteiger partial charge in [0.15, 0.2) is 5.75 Å². The van der Waals surface area contributed by atoms with Crippen molar-refractivity contribution < 1.29 is 22.3 Å². The summed E-state index contributed by atoms with van der Waals surface area (Å²) in [6.07, 6.45) is -4.76. The Morgan fingerprint density at radius 1 is 1.47 bits per heavy atom. The third kappa shape index (κ3) is 3.47. The zero-order valence-corrected chi connectivity index (χ0v) is 9.69. The first-order valence-corrected chi connectivity index (χ1v) is 4.89. The maximum atomic E-state index is 12.2. The first-order valence-electron chi connectivity index (χ1n) is 3.81. The Labute approximate surface area is 96.8 Å². The van der Waals surface area contributed by atoms with Crippen LogP contribution in [0, 0.1) is 10.5 Å². The smallest absolute Gasteiger partial charge is 0.403 e. The highest BCUT2D eigenvalue weighted by molar-refractivity contribution is 14.1. The van der Waals surface area contributed by atoms with Gasteiger partial charge in [-0.1, -0.05) is 0 Å². The van der Waals surface area contributed by atoms with Crippen LogP contribution in [0.5, 0.6) is 5.75 Å². The predicted molar refractivity (Wildman–Crippen MR) is 53.2 cm³/mol. The molecule has 0 saturated carbocycles. The lowest BCUT2D eigenvalue weighted by Crippen LogP contribution is -2.19. The van der Waals surface area contributed by atoms with Gasteiger partial charge >= 0.3 is 6.36 Å². The summed E-state index contributed by atoms with van der Waals surface area (Å²) in [6.45, 7) is 0.519. The Hall–Kier alpha value is -0.600. The molecule has 0 aromatic carbocycles. The number of alkyl halides is 4. The molecule has 0 aliphatic heterocycles. The molecule has 0 amide bonds. The van der Waals surface area contributed by atoms with E-state index in [0.717, 1.165) is 0 Å². The summed E-state index contributed by atoms with van der Waals surface area (Å²) in [7, 11) is 0. The van der Waals surface area contributed by atoms with Gasteiger partial charge in [0.25, 0.3) is 0 Å². The number of halogens is 5. The van der Waals surface area contributed by atoms with E-state index in [1.54, 1.807) is 22.6 Å². The van der Waals surface area contributed by atoms with Crippen LogP contribution in [0.2, 0.25) is 0 Å². The number of aromatic nitrogens is 1. The summed E-state index contributed by atoms with van der Waals surface area (Å²) in [6, 6.07) is 1.22. The van der Waals surface area contributed by atoms with E-state index in [4.69, 9.17) is 0 Å². The molecule has 1 heterocycles. The van der Waals surface area contributed by atoms with Crippen LogP contribution < -0.4 is 4.74 Å². The van der Waals surface area contributed by atoms with E-state index in [0.29, 0.717) is 0 Å². The van der Waals surface area contributed by atoms with E-state index in [1.165, 1.54) is 13.0 Å². The van der Waals surface area contributed by atoms with Crippen molar-refractivity contribution in [1.82, 2.24) is 4.98 Å². The van der Waals surface area contributed by atoms with E-state index < -0.39 is 13.0 Å². The second-order valence-electron chi connectivity index (χ2n) is 2.69. The first-order chi connectivity index (χ1) is 6.83. The molecule has 0 N–H and O–H groups in total. The molecule has 1 aromatic heterocycles. The van der Waals surface area contributed by atoms with E-state index in [9.17, 15) is 17.6 Å². The highest BCUT2D eigenvalue weighted by Crippen LogP contribution is 2.30. The van der Waals surface area contributed by atoms with Crippen LogP contribution in [0.1, 0.15) is 11.4 Å². The van der Waals surface area contributed by atoms with Crippen LogP contribution in [-0.4, -0.2) is 11.3 Å². The molecule has 0 atom stereocenters. The van der Waals surface area contributed by atoms with Crippen LogP contribution in [-0.2, 0) is 6.67 Å². The number of pyridine rings is 1. The molecule has 0 saturated heterocycles. The average molecular weight is 335 g/mol. The second-order valence-corrected chi connectivity index (χ2v) is 3.85. The molecule has 0 aliphatic rings. The average Bonchev–Trinajstić information content (AvgIpc) is 2.09. The van der Waals surface area contributed by atoms with Crippen LogP contribution >= 0.6 is 22.6 Å². The predicted octanol–water partition coefficient (Wildman–Crippen LogP) is 3.36. The van der Waals surface area contributed by atoms with Crippen LogP contribution in [0.25, 0.3) is 0 Å². The van der Waals surface area contributed by atoms with E-state index in [2.05, 4.69) is 9.72 Å². The van der Waals surface area contributed by atoms with Gasteiger partial charge in [-0.15, -0.1) is 13.2 Å². The van der Waals surface area contributed by atoms with Crippen LogP contribution in [0.3, 0.4) is 0 Å². The number of rotatable bonds is 2. The molecular formula is C8H6F4INO. The van der Waals surface area contributed by atoms with Gasteiger partial charge < -0.3 is 4.74 Å². The maximum Gasteiger partial charge on any atom is 0.573 e. The topological polar surface area (TPSA) is 22.1 Å². The normalized spacial score (nSPS) is 11.6. The highest BCUT2D eigenvalue weighted by Gasteiger charge is 2.33. The minimum Gasteiger partial charge on any atom is -0.403 e. The molecule has 7 heteroatoms. The maximum absolute atomic E-state index is 12.2. The fourth-order valence-corrected chi connectivity index (χ4v) is 1.85. The number of nitrogens with zero attached hydrogens (tertiary/aromatic N) is 1. The third-order valence-corrected chi connectivity index (χ3v) is 2.31.